The van der Waals surface area contributed by atoms with E-state index in [0.29, 0.717) is 19.6 Å². The molecule has 1 aromatic rings. The smallest absolute Gasteiger partial charge is 0.306 e. The van der Waals surface area contributed by atoms with E-state index in [2.05, 4.69) is 96.4 Å². The highest BCUT2D eigenvalue weighted by atomic mass is 127. The second-order valence-corrected chi connectivity index (χ2v) is 23.5. The third-order valence-electron chi connectivity index (χ3n) is 7.86. The summed E-state index contributed by atoms with van der Waals surface area (Å²) in [5, 5.41) is 0.100. The molecular weight excluding hydrogens is 639 g/mol. The van der Waals surface area contributed by atoms with Crippen LogP contribution in [0.25, 0.3) is 0 Å². The van der Waals surface area contributed by atoms with Gasteiger partial charge in [0.25, 0.3) is 0 Å². The molecule has 0 aliphatic carbocycles. The lowest BCUT2D eigenvalue weighted by Crippen LogP contribution is -2.51. The molecule has 0 spiro atoms. The molecule has 0 aliphatic rings. The minimum absolute atomic E-state index is 0.0387. The molecule has 1 aromatic carbocycles. The number of esters is 1. The molecule has 0 aromatic heterocycles. The number of ether oxygens (including phenoxy) is 3. The molecule has 0 radical (unpaired) electrons. The average Bonchev–Trinajstić information content (AvgIpc) is 2.80. The van der Waals surface area contributed by atoms with Crippen LogP contribution in [0.15, 0.2) is 34.4 Å². The van der Waals surface area contributed by atoms with Crippen LogP contribution in [0.3, 0.4) is 0 Å². The van der Waals surface area contributed by atoms with Gasteiger partial charge < -0.3 is 23.1 Å². The maximum absolute atomic E-state index is 12.9. The lowest BCUT2D eigenvalue weighted by atomic mass is 10.1. The van der Waals surface area contributed by atoms with Gasteiger partial charge in [-0.05, 0) is 77.5 Å². The first kappa shape index (κ1) is 36.3. The fourth-order valence-electron chi connectivity index (χ4n) is 3.32. The Hall–Kier alpha value is -0.726. The Balaban J connectivity index is 2.86. The molecule has 0 amide bonds. The standard InChI is InChI=1S/C30H53IO6Si2/c1-23(21-34-22-24-13-15-25(33-8)16-14-24)35-28(32)18-17-26(36-38(9,10)29(2,3)4)27(19-20-31)37-39(11,12)30(5,6)7/h13-16,19-20,23,26-27H,17-18,21-22H2,1-12H3/b20-19+/t23-,26+,27-/m1/s1. The first-order valence-corrected chi connectivity index (χ1v) is 20.9. The van der Waals surface area contributed by atoms with Gasteiger partial charge in [0.1, 0.15) is 11.9 Å². The Kier molecular flexibility index (Phi) is 14.4. The molecule has 3 atom stereocenters. The molecule has 0 fully saturated rings. The molecular formula is C30H53IO6Si2. The summed E-state index contributed by atoms with van der Waals surface area (Å²) in [7, 11) is -2.56. The number of benzene rings is 1. The number of carbonyl (C=O) groups is 1. The maximum atomic E-state index is 12.9. The molecule has 0 heterocycles. The summed E-state index contributed by atoms with van der Waals surface area (Å²) >= 11 is 2.24. The second kappa shape index (κ2) is 15.5. The molecule has 9 heteroatoms. The Morgan fingerprint density at radius 2 is 1.49 bits per heavy atom. The summed E-state index contributed by atoms with van der Waals surface area (Å²) in [4.78, 5) is 12.9. The number of carbonyl (C=O) groups excluding carboxylic acids is 1. The first-order valence-electron chi connectivity index (χ1n) is 13.9. The topological polar surface area (TPSA) is 63.2 Å². The molecule has 0 bridgehead atoms. The quantitative estimate of drug-likeness (QED) is 0.104. The highest BCUT2D eigenvalue weighted by Gasteiger charge is 2.44. The molecule has 0 aliphatic heterocycles. The second-order valence-electron chi connectivity index (χ2n) is 13.3. The maximum Gasteiger partial charge on any atom is 0.306 e. The normalized spacial score (nSPS) is 15.7. The van der Waals surface area contributed by atoms with Crippen molar-refractivity contribution in [3.8, 4) is 5.75 Å². The van der Waals surface area contributed by atoms with Crippen molar-refractivity contribution in [1.82, 2.24) is 0 Å². The number of rotatable bonds is 15. The van der Waals surface area contributed by atoms with Crippen molar-refractivity contribution in [2.45, 2.75) is 122 Å². The van der Waals surface area contributed by atoms with Gasteiger partial charge in [-0.15, -0.1) is 0 Å². The van der Waals surface area contributed by atoms with Gasteiger partial charge >= 0.3 is 5.97 Å². The number of hydrogen-bond donors (Lipinski definition) is 0. The largest absolute Gasteiger partial charge is 0.497 e. The number of hydrogen-bond acceptors (Lipinski definition) is 6. The van der Waals surface area contributed by atoms with E-state index in [1.807, 2.05) is 35.3 Å². The summed E-state index contributed by atoms with van der Waals surface area (Å²) in [5.41, 5.74) is 1.04. The van der Waals surface area contributed by atoms with Crippen LogP contribution in [0.1, 0.15) is 66.9 Å². The van der Waals surface area contributed by atoms with E-state index in [4.69, 9.17) is 23.1 Å². The van der Waals surface area contributed by atoms with Crippen LogP contribution in [0.5, 0.6) is 5.75 Å². The Morgan fingerprint density at radius 1 is 0.949 bits per heavy atom. The van der Waals surface area contributed by atoms with Gasteiger partial charge in [-0.1, -0.05) is 76.3 Å². The van der Waals surface area contributed by atoms with Gasteiger partial charge in [-0.3, -0.25) is 4.79 Å². The summed E-state index contributed by atoms with van der Waals surface area (Å²) in [6, 6.07) is 7.73. The first-order chi connectivity index (χ1) is 17.8. The van der Waals surface area contributed by atoms with Crippen molar-refractivity contribution >= 4 is 45.2 Å². The van der Waals surface area contributed by atoms with Crippen molar-refractivity contribution < 1.29 is 27.9 Å². The van der Waals surface area contributed by atoms with Gasteiger partial charge in [0.2, 0.25) is 0 Å². The predicted molar refractivity (Wildman–Crippen MR) is 175 cm³/mol. The van der Waals surface area contributed by atoms with Crippen LogP contribution < -0.4 is 4.74 Å². The lowest BCUT2D eigenvalue weighted by molar-refractivity contribution is -0.152. The van der Waals surface area contributed by atoms with E-state index in [1.54, 1.807) is 7.11 Å². The zero-order chi connectivity index (χ0) is 30.1. The van der Waals surface area contributed by atoms with E-state index in [1.165, 1.54) is 0 Å². The average molecular weight is 693 g/mol. The zero-order valence-electron chi connectivity index (χ0n) is 26.4. The van der Waals surface area contributed by atoms with Crippen LogP contribution >= 0.6 is 22.6 Å². The highest BCUT2D eigenvalue weighted by molar-refractivity contribution is 14.1. The molecule has 0 saturated carbocycles. The van der Waals surface area contributed by atoms with E-state index >= 15 is 0 Å². The van der Waals surface area contributed by atoms with Crippen LogP contribution in [-0.4, -0.2) is 54.6 Å². The van der Waals surface area contributed by atoms with E-state index in [0.717, 1.165) is 11.3 Å². The molecule has 224 valence electrons. The fourth-order valence-corrected chi connectivity index (χ4v) is 6.35. The molecule has 6 nitrogen and oxygen atoms in total. The summed E-state index contributed by atoms with van der Waals surface area (Å²) in [5.74, 6) is 0.562. The zero-order valence-corrected chi connectivity index (χ0v) is 30.5. The highest BCUT2D eigenvalue weighted by Crippen LogP contribution is 2.41. The summed E-state index contributed by atoms with van der Waals surface area (Å²) in [6.07, 6.45) is 2.07. The van der Waals surface area contributed by atoms with Crippen LogP contribution in [0.2, 0.25) is 36.3 Å². The van der Waals surface area contributed by atoms with Gasteiger partial charge in [0, 0.05) is 6.42 Å². The van der Waals surface area contributed by atoms with Crippen LogP contribution in [0, 0.1) is 0 Å². The Labute approximate surface area is 254 Å². The third-order valence-corrected chi connectivity index (χ3v) is 17.3. The van der Waals surface area contributed by atoms with Crippen molar-refractivity contribution in [2.24, 2.45) is 0 Å². The predicted octanol–water partition coefficient (Wildman–Crippen LogP) is 8.65. The van der Waals surface area contributed by atoms with E-state index in [9.17, 15) is 4.79 Å². The monoisotopic (exact) mass is 692 g/mol. The van der Waals surface area contributed by atoms with Crippen LogP contribution in [-0.2, 0) is 29.7 Å². The van der Waals surface area contributed by atoms with Gasteiger partial charge in [-0.25, -0.2) is 0 Å². The molecule has 0 N–H and O–H groups in total. The number of methoxy groups -OCH3 is 1. The minimum atomic E-state index is -2.12. The van der Waals surface area contributed by atoms with Crippen molar-refractivity contribution in [3.63, 3.8) is 0 Å². The Morgan fingerprint density at radius 3 is 1.97 bits per heavy atom. The molecule has 0 saturated heterocycles. The summed E-state index contributed by atoms with van der Waals surface area (Å²) in [6.45, 7) is 25.1. The van der Waals surface area contributed by atoms with Crippen molar-refractivity contribution in [1.29, 1.82) is 0 Å². The molecule has 1 rings (SSSR count). The lowest BCUT2D eigenvalue weighted by Gasteiger charge is -2.44. The van der Waals surface area contributed by atoms with Crippen molar-refractivity contribution in [2.75, 3.05) is 13.7 Å². The Bertz CT molecular complexity index is 904. The SMILES string of the molecule is COc1ccc(COC[C@@H](C)OC(=O)CC[C@H](O[Si](C)(C)C(C)(C)C)[C@@H](/C=C/I)O[Si](C)(C)C(C)(C)C)cc1. The van der Waals surface area contributed by atoms with Gasteiger partial charge in [0.05, 0.1) is 32.5 Å². The molecule has 0 unspecified atom stereocenters. The third kappa shape index (κ3) is 12.4. The van der Waals surface area contributed by atoms with Crippen LogP contribution in [0.4, 0.5) is 0 Å². The molecule has 39 heavy (non-hydrogen) atoms. The fraction of sp³-hybridized carbons (Fsp3) is 0.700. The number of halogens is 1. The van der Waals surface area contributed by atoms with E-state index < -0.39 is 16.6 Å². The minimum Gasteiger partial charge on any atom is -0.497 e. The van der Waals surface area contributed by atoms with E-state index in [-0.39, 0.29) is 40.8 Å². The van der Waals surface area contributed by atoms with Gasteiger partial charge in [0.15, 0.2) is 16.6 Å². The van der Waals surface area contributed by atoms with Gasteiger partial charge in [-0.2, -0.15) is 0 Å². The van der Waals surface area contributed by atoms with Crippen molar-refractivity contribution in [3.05, 3.63) is 40.0 Å². The summed E-state index contributed by atoms with van der Waals surface area (Å²) < 4.78 is 32.4.